The maximum Gasteiger partial charge on any atom is 0.218 e. The van der Waals surface area contributed by atoms with E-state index in [0.717, 1.165) is 22.4 Å². The van der Waals surface area contributed by atoms with Crippen molar-refractivity contribution in [3.63, 3.8) is 0 Å². The van der Waals surface area contributed by atoms with Crippen LogP contribution in [0, 0.1) is 24.1 Å². The van der Waals surface area contributed by atoms with E-state index in [9.17, 15) is 18.1 Å². The molecule has 3 aromatic rings. The normalized spacial score (nSPS) is 16.4. The highest BCUT2D eigenvalue weighted by Crippen LogP contribution is 2.31. The zero-order valence-electron chi connectivity index (χ0n) is 18.8. The number of aryl methyl sites for hydroxylation is 1. The summed E-state index contributed by atoms with van der Waals surface area (Å²) >= 11 is 6.32. The molecular formula is C26H25ClFN3O2S. The smallest absolute Gasteiger partial charge is 0.218 e. The second-order valence-electron chi connectivity index (χ2n) is 8.52. The van der Waals surface area contributed by atoms with Crippen LogP contribution in [-0.2, 0) is 22.3 Å². The van der Waals surface area contributed by atoms with Crippen LogP contribution in [0.5, 0.6) is 0 Å². The van der Waals surface area contributed by atoms with Crippen molar-refractivity contribution in [2.75, 3.05) is 18.0 Å². The number of hydrogen-bond acceptors (Lipinski definition) is 4. The molecule has 5 nitrogen and oxygen atoms in total. The molecule has 1 saturated heterocycles. The van der Waals surface area contributed by atoms with Crippen molar-refractivity contribution >= 4 is 27.3 Å². The summed E-state index contributed by atoms with van der Waals surface area (Å²) < 4.78 is 41.7. The Morgan fingerprint density at radius 2 is 1.91 bits per heavy atom. The number of rotatable bonds is 7. The lowest BCUT2D eigenvalue weighted by Gasteiger charge is -2.32. The average molecular weight is 498 g/mol. The van der Waals surface area contributed by atoms with Crippen LogP contribution >= 0.6 is 11.6 Å². The first kappa shape index (κ1) is 24.2. The molecule has 1 aliphatic heterocycles. The van der Waals surface area contributed by atoms with Crippen molar-refractivity contribution in [3.8, 4) is 6.07 Å². The van der Waals surface area contributed by atoms with Crippen LogP contribution in [0.25, 0.3) is 0 Å². The second kappa shape index (κ2) is 10.1. The molecule has 0 aliphatic carbocycles. The van der Waals surface area contributed by atoms with Gasteiger partial charge < -0.3 is 4.90 Å². The molecule has 0 spiro atoms. The second-order valence-corrected chi connectivity index (χ2v) is 10.9. The molecule has 8 heteroatoms. The lowest BCUT2D eigenvalue weighted by Crippen LogP contribution is -2.39. The fourth-order valence-corrected chi connectivity index (χ4v) is 6.09. The van der Waals surface area contributed by atoms with E-state index >= 15 is 0 Å². The van der Waals surface area contributed by atoms with Gasteiger partial charge >= 0.3 is 0 Å². The quantitative estimate of drug-likeness (QED) is 0.446. The van der Waals surface area contributed by atoms with E-state index in [0.29, 0.717) is 36.6 Å². The Labute approximate surface area is 205 Å². The van der Waals surface area contributed by atoms with Crippen LogP contribution in [0.2, 0.25) is 5.02 Å². The number of anilines is 1. The Balaban J connectivity index is 1.62. The van der Waals surface area contributed by atoms with Gasteiger partial charge in [-0.2, -0.15) is 9.57 Å². The minimum Gasteiger partial charge on any atom is -0.363 e. The molecule has 1 unspecified atom stereocenters. The fraction of sp³-hybridized carbons (Fsp3) is 0.269. The molecule has 4 rings (SSSR count). The number of halogens is 2. The van der Waals surface area contributed by atoms with Crippen LogP contribution < -0.4 is 4.90 Å². The summed E-state index contributed by atoms with van der Waals surface area (Å²) in [5.74, 6) is -0.372. The van der Waals surface area contributed by atoms with Gasteiger partial charge in [-0.05, 0) is 60.4 Å². The maximum absolute atomic E-state index is 14.0. The number of benzene rings is 3. The number of nitrogens with zero attached hydrogens (tertiary/aromatic N) is 3. The van der Waals surface area contributed by atoms with Crippen LogP contribution in [-0.4, -0.2) is 31.9 Å². The van der Waals surface area contributed by atoms with Gasteiger partial charge in [0.1, 0.15) is 11.9 Å². The zero-order chi connectivity index (χ0) is 24.3. The highest BCUT2D eigenvalue weighted by Gasteiger charge is 2.35. The van der Waals surface area contributed by atoms with Gasteiger partial charge in [0.2, 0.25) is 10.0 Å². The standard InChI is InChI=1S/C26H25ClFN3O2S/c1-19-7-9-23(28)13-22(19)16-31(24-10-8-21(15-29)26(27)14-24)25-11-12-30(17-25)34(32,33)18-20-5-3-2-4-6-20/h2-10,13-14,25H,11-12,16-18H2,1H3. The first-order chi connectivity index (χ1) is 16.3. The predicted octanol–water partition coefficient (Wildman–Crippen LogP) is 5.27. The van der Waals surface area contributed by atoms with Crippen LogP contribution in [0.15, 0.2) is 66.7 Å². The molecule has 176 valence electrons. The van der Waals surface area contributed by atoms with E-state index in [1.54, 1.807) is 24.3 Å². The number of nitriles is 1. The fourth-order valence-electron chi connectivity index (χ4n) is 4.29. The molecule has 1 heterocycles. The third-order valence-electron chi connectivity index (χ3n) is 6.21. The molecule has 0 bridgehead atoms. The Morgan fingerprint density at radius 1 is 1.15 bits per heavy atom. The van der Waals surface area contributed by atoms with Gasteiger partial charge in [0.15, 0.2) is 0 Å². The summed E-state index contributed by atoms with van der Waals surface area (Å²) in [4.78, 5) is 2.06. The molecule has 0 aromatic heterocycles. The molecule has 0 radical (unpaired) electrons. The lowest BCUT2D eigenvalue weighted by atomic mass is 10.1. The summed E-state index contributed by atoms with van der Waals surface area (Å²) in [5.41, 5.74) is 3.63. The summed E-state index contributed by atoms with van der Waals surface area (Å²) in [5, 5.41) is 9.57. The average Bonchev–Trinajstić information content (AvgIpc) is 3.31. The summed E-state index contributed by atoms with van der Waals surface area (Å²) in [6, 6.07) is 20.9. The zero-order valence-corrected chi connectivity index (χ0v) is 20.4. The maximum atomic E-state index is 14.0. The molecule has 0 saturated carbocycles. The number of hydrogen-bond donors (Lipinski definition) is 0. The lowest BCUT2D eigenvalue weighted by molar-refractivity contribution is 0.467. The van der Waals surface area contributed by atoms with E-state index in [1.165, 1.54) is 16.4 Å². The molecule has 0 N–H and O–H groups in total. The SMILES string of the molecule is Cc1ccc(F)cc1CN(c1ccc(C#N)c(Cl)c1)C1CCN(S(=O)(=O)Cc2ccccc2)C1. The van der Waals surface area contributed by atoms with E-state index in [1.807, 2.05) is 37.3 Å². The third kappa shape index (κ3) is 5.41. The molecular weight excluding hydrogens is 473 g/mol. The van der Waals surface area contributed by atoms with E-state index in [2.05, 4.69) is 11.0 Å². The molecule has 1 atom stereocenters. The Hall–Kier alpha value is -2.92. The molecule has 0 amide bonds. The van der Waals surface area contributed by atoms with Crippen molar-refractivity contribution < 1.29 is 12.8 Å². The van der Waals surface area contributed by atoms with Gasteiger partial charge in [-0.15, -0.1) is 0 Å². The van der Waals surface area contributed by atoms with Crippen LogP contribution in [0.3, 0.4) is 0 Å². The van der Waals surface area contributed by atoms with Gasteiger partial charge in [0, 0.05) is 31.4 Å². The summed E-state index contributed by atoms with van der Waals surface area (Å²) in [6.07, 6.45) is 0.625. The Kier molecular flexibility index (Phi) is 7.22. The molecule has 1 fully saturated rings. The highest BCUT2D eigenvalue weighted by atomic mass is 35.5. The Morgan fingerprint density at radius 3 is 2.62 bits per heavy atom. The van der Waals surface area contributed by atoms with E-state index in [4.69, 9.17) is 11.6 Å². The van der Waals surface area contributed by atoms with Crippen molar-refractivity contribution in [1.82, 2.24) is 4.31 Å². The molecule has 1 aliphatic rings. The monoisotopic (exact) mass is 497 g/mol. The highest BCUT2D eigenvalue weighted by molar-refractivity contribution is 7.88. The van der Waals surface area contributed by atoms with E-state index in [-0.39, 0.29) is 17.6 Å². The Bertz CT molecular complexity index is 1330. The van der Waals surface area contributed by atoms with Gasteiger partial charge in [-0.1, -0.05) is 48.0 Å². The molecule has 34 heavy (non-hydrogen) atoms. The van der Waals surface area contributed by atoms with Crippen molar-refractivity contribution in [2.24, 2.45) is 0 Å². The topological polar surface area (TPSA) is 64.4 Å². The summed E-state index contributed by atoms with van der Waals surface area (Å²) in [6.45, 7) is 3.04. The van der Waals surface area contributed by atoms with Gasteiger partial charge in [-0.25, -0.2) is 12.8 Å². The first-order valence-corrected chi connectivity index (χ1v) is 13.0. The van der Waals surface area contributed by atoms with Crippen molar-refractivity contribution in [3.05, 3.63) is 99.8 Å². The third-order valence-corrected chi connectivity index (χ3v) is 8.34. The van der Waals surface area contributed by atoms with Gasteiger partial charge in [0.05, 0.1) is 16.3 Å². The largest absolute Gasteiger partial charge is 0.363 e. The van der Waals surface area contributed by atoms with Crippen molar-refractivity contribution in [2.45, 2.75) is 31.7 Å². The predicted molar refractivity (Wildman–Crippen MR) is 133 cm³/mol. The van der Waals surface area contributed by atoms with Crippen molar-refractivity contribution in [1.29, 1.82) is 5.26 Å². The van der Waals surface area contributed by atoms with E-state index < -0.39 is 10.0 Å². The van der Waals surface area contributed by atoms with Gasteiger partial charge in [0.25, 0.3) is 0 Å². The first-order valence-electron chi connectivity index (χ1n) is 11.0. The summed E-state index contributed by atoms with van der Waals surface area (Å²) in [7, 11) is -3.49. The van der Waals surface area contributed by atoms with Crippen LogP contribution in [0.1, 0.15) is 28.7 Å². The number of sulfonamides is 1. The van der Waals surface area contributed by atoms with Gasteiger partial charge in [-0.3, -0.25) is 0 Å². The minimum atomic E-state index is -3.49. The van der Waals surface area contributed by atoms with Crippen LogP contribution in [0.4, 0.5) is 10.1 Å². The molecule has 3 aromatic carbocycles. The minimum absolute atomic E-state index is 0.0493.